The third-order valence-electron chi connectivity index (χ3n) is 5.87. The number of nitrogens with zero attached hydrogens (tertiary/aromatic N) is 1. The van der Waals surface area contributed by atoms with Crippen molar-refractivity contribution in [1.29, 1.82) is 0 Å². The van der Waals surface area contributed by atoms with Crippen molar-refractivity contribution in [3.05, 3.63) is 55.0 Å². The highest BCUT2D eigenvalue weighted by atomic mass is 32.5. The normalized spacial score (nSPS) is 26.6. The van der Waals surface area contributed by atoms with E-state index in [1.807, 2.05) is 6.26 Å². The zero-order valence-electron chi connectivity index (χ0n) is 22.4. The molecule has 1 aromatic rings. The predicted octanol–water partition coefficient (Wildman–Crippen LogP) is 1.84. The van der Waals surface area contributed by atoms with Gasteiger partial charge in [0.2, 0.25) is 0 Å². The summed E-state index contributed by atoms with van der Waals surface area (Å²) in [6.07, 6.45) is 6.03. The minimum Gasteiger partial charge on any atom is -0.462 e. The molecule has 0 spiro atoms. The number of hydrogen-bond donors (Lipinski definition) is 4. The predicted molar refractivity (Wildman–Crippen MR) is 155 cm³/mol. The molecule has 218 valence electrons. The summed E-state index contributed by atoms with van der Waals surface area (Å²) in [6.45, 7) is 3.40. The Bertz CT molecular complexity index is 1190. The van der Waals surface area contributed by atoms with Crippen LogP contribution in [-0.2, 0) is 35.4 Å². The highest BCUT2D eigenvalue weighted by molar-refractivity contribution is 8.09. The Hall–Kier alpha value is -2.40. The molecule has 2 heterocycles. The molecule has 0 saturated carbocycles. The molecule has 0 radical (unpaired) electrons. The van der Waals surface area contributed by atoms with Crippen molar-refractivity contribution in [1.82, 2.24) is 15.3 Å². The lowest BCUT2D eigenvalue weighted by molar-refractivity contribution is -0.149. The van der Waals surface area contributed by atoms with E-state index in [0.29, 0.717) is 17.9 Å². The summed E-state index contributed by atoms with van der Waals surface area (Å²) in [6, 6.07) is 7.86. The maximum atomic E-state index is 12.9. The lowest BCUT2D eigenvalue weighted by Gasteiger charge is -2.36. The lowest BCUT2D eigenvalue weighted by Crippen LogP contribution is -2.54. The number of aliphatic hydroxyl groups excluding tert-OH is 1. The largest absolute Gasteiger partial charge is 0.462 e. The van der Waals surface area contributed by atoms with Gasteiger partial charge in [-0.2, -0.15) is 11.8 Å². The first-order valence-corrected chi connectivity index (χ1v) is 16.4. The van der Waals surface area contributed by atoms with E-state index in [1.165, 1.54) is 17.2 Å². The smallest absolute Gasteiger partial charge is 0.323 e. The average molecular weight is 612 g/mol. The topological polar surface area (TPSA) is 139 Å². The second-order valence-electron chi connectivity index (χ2n) is 9.25. The standard InChI is InChI=1S/C26H34N3O8PS2/c1-6-26(33)23(31)21(36-25(26)29-14-12-22(30)27-18(29)4)16-34-38(39,37-19-10-8-7-9-11-19)28-20(13-15-40-5)24(32)35-17(2)3/h1,7-12,14,17,20-21,23,25,31,33H,4,13,15-16H2,2-3,5H3,(H,27,30)(H,28,39)/t20-,21+,23+,25+,26+,38?/m0/s1. The van der Waals surface area contributed by atoms with Crippen LogP contribution in [0.4, 0.5) is 0 Å². The molecule has 1 unspecified atom stereocenters. The number of rotatable bonds is 13. The molecule has 1 aromatic carbocycles. The van der Waals surface area contributed by atoms with Gasteiger partial charge in [-0.3, -0.25) is 9.59 Å². The van der Waals surface area contributed by atoms with E-state index in [-0.39, 0.29) is 18.5 Å². The zero-order chi connectivity index (χ0) is 29.5. The number of aliphatic hydroxyl groups is 2. The van der Waals surface area contributed by atoms with Crippen molar-refractivity contribution in [2.75, 3.05) is 18.6 Å². The second kappa shape index (κ2) is 14.0. The summed E-state index contributed by atoms with van der Waals surface area (Å²) in [4.78, 5) is 25.9. The summed E-state index contributed by atoms with van der Waals surface area (Å²) in [5, 5.41) is 27.7. The van der Waals surface area contributed by atoms with E-state index in [0.717, 1.165) is 0 Å². The number of thioether (sulfide) groups is 1. The fourth-order valence-corrected chi connectivity index (χ4v) is 6.73. The number of esters is 1. The Kier molecular flexibility index (Phi) is 11.2. The number of benzene rings is 1. The van der Waals surface area contributed by atoms with Crippen LogP contribution in [0.5, 0.6) is 5.75 Å². The molecule has 1 amide bonds. The average Bonchev–Trinajstić information content (AvgIpc) is 3.15. The van der Waals surface area contributed by atoms with Gasteiger partial charge in [0.25, 0.3) is 5.91 Å². The molecular formula is C26H34N3O8PS2. The number of hydrogen-bond acceptors (Lipinski definition) is 11. The Morgan fingerprint density at radius 1 is 1.43 bits per heavy atom. The molecule has 0 aromatic heterocycles. The number of terminal acetylenes is 1. The Morgan fingerprint density at radius 2 is 2.12 bits per heavy atom. The van der Waals surface area contributed by atoms with Crippen LogP contribution >= 0.6 is 18.4 Å². The molecule has 3 rings (SSSR count). The molecule has 4 N–H and O–H groups in total. The fourth-order valence-electron chi connectivity index (χ4n) is 3.90. The Morgan fingerprint density at radius 3 is 2.73 bits per heavy atom. The molecular weight excluding hydrogens is 577 g/mol. The van der Waals surface area contributed by atoms with Crippen molar-refractivity contribution in [3.63, 3.8) is 0 Å². The molecule has 6 atom stereocenters. The number of nitrogens with one attached hydrogen (secondary N) is 2. The van der Waals surface area contributed by atoms with Crippen LogP contribution < -0.4 is 14.9 Å². The molecule has 1 saturated heterocycles. The van der Waals surface area contributed by atoms with E-state index in [2.05, 4.69) is 22.9 Å². The van der Waals surface area contributed by atoms with Crippen molar-refractivity contribution in [2.24, 2.45) is 0 Å². The van der Waals surface area contributed by atoms with E-state index in [4.69, 9.17) is 36.8 Å². The minimum absolute atomic E-state index is 0.0967. The van der Waals surface area contributed by atoms with Gasteiger partial charge < -0.3 is 39.0 Å². The molecule has 14 heteroatoms. The summed E-state index contributed by atoms with van der Waals surface area (Å²) in [5.41, 5.74) is -2.19. The monoisotopic (exact) mass is 611 g/mol. The van der Waals surface area contributed by atoms with Gasteiger partial charge >= 0.3 is 12.6 Å². The maximum absolute atomic E-state index is 12.9. The van der Waals surface area contributed by atoms with E-state index < -0.39 is 48.6 Å². The number of para-hydroxylation sites is 1. The molecule has 40 heavy (non-hydrogen) atoms. The highest BCUT2D eigenvalue weighted by Gasteiger charge is 2.57. The fraction of sp³-hybridized carbons (Fsp3) is 0.462. The molecule has 2 aliphatic rings. The van der Waals surface area contributed by atoms with Gasteiger partial charge in [-0.25, -0.2) is 5.09 Å². The van der Waals surface area contributed by atoms with Gasteiger partial charge in [0.1, 0.15) is 29.8 Å². The highest BCUT2D eigenvalue weighted by Crippen LogP contribution is 2.47. The summed E-state index contributed by atoms with van der Waals surface area (Å²) in [5.74, 6) is 2.40. The third-order valence-corrected chi connectivity index (χ3v) is 8.94. The first-order chi connectivity index (χ1) is 18.9. The molecule has 0 aliphatic carbocycles. The molecule has 0 bridgehead atoms. The van der Waals surface area contributed by atoms with E-state index in [9.17, 15) is 19.8 Å². The van der Waals surface area contributed by atoms with E-state index in [1.54, 1.807) is 55.9 Å². The lowest BCUT2D eigenvalue weighted by atomic mass is 9.94. The summed E-state index contributed by atoms with van der Waals surface area (Å²) in [7, 11) is 0. The van der Waals surface area contributed by atoms with Gasteiger partial charge in [0.15, 0.2) is 11.8 Å². The van der Waals surface area contributed by atoms with Crippen LogP contribution in [0.3, 0.4) is 0 Å². The Labute approximate surface area is 243 Å². The first kappa shape index (κ1) is 32.1. The van der Waals surface area contributed by atoms with Crippen LogP contribution in [0.15, 0.2) is 55.0 Å². The van der Waals surface area contributed by atoms with Crippen molar-refractivity contribution in [2.45, 2.75) is 56.5 Å². The van der Waals surface area contributed by atoms with Crippen molar-refractivity contribution in [3.8, 4) is 18.1 Å². The molecule has 1 fully saturated rings. The zero-order valence-corrected chi connectivity index (χ0v) is 24.9. The van der Waals surface area contributed by atoms with Gasteiger partial charge in [-0.1, -0.05) is 30.7 Å². The third kappa shape index (κ3) is 7.87. The van der Waals surface area contributed by atoms with Crippen LogP contribution in [0.25, 0.3) is 0 Å². The van der Waals surface area contributed by atoms with Crippen molar-refractivity contribution < 1.29 is 38.3 Å². The Balaban J connectivity index is 1.84. The minimum atomic E-state index is -3.49. The molecule has 2 aliphatic heterocycles. The number of carbonyl (C=O) groups is 2. The quantitative estimate of drug-likeness (QED) is 0.147. The number of carbonyl (C=O) groups excluding carboxylic acids is 2. The van der Waals surface area contributed by atoms with Gasteiger partial charge in [0, 0.05) is 12.3 Å². The van der Waals surface area contributed by atoms with Crippen LogP contribution in [-0.4, -0.2) is 81.8 Å². The molecule has 11 nitrogen and oxygen atoms in total. The van der Waals surface area contributed by atoms with Gasteiger partial charge in [0.05, 0.1) is 12.7 Å². The van der Waals surface area contributed by atoms with E-state index >= 15 is 0 Å². The van der Waals surface area contributed by atoms with Gasteiger partial charge in [-0.05, 0) is 56.2 Å². The van der Waals surface area contributed by atoms with Crippen LogP contribution in [0, 0.1) is 12.3 Å². The number of ether oxygens (including phenoxy) is 2. The number of amides is 1. The first-order valence-electron chi connectivity index (χ1n) is 12.4. The maximum Gasteiger partial charge on any atom is 0.323 e. The second-order valence-corrected chi connectivity index (χ2v) is 13.4. The van der Waals surface area contributed by atoms with Crippen LogP contribution in [0.1, 0.15) is 20.3 Å². The summed E-state index contributed by atoms with van der Waals surface area (Å²) >= 11 is 7.36. The summed E-state index contributed by atoms with van der Waals surface area (Å²) < 4.78 is 23.5. The van der Waals surface area contributed by atoms with Crippen molar-refractivity contribution >= 4 is 42.1 Å². The van der Waals surface area contributed by atoms with Gasteiger partial charge in [-0.15, -0.1) is 6.42 Å². The SMILES string of the molecule is C#C[C@@]1(O)[C@H](O)[C@@H](COP(=S)(N[C@@H](CCSC)C(=O)OC(C)C)Oc2ccccc2)O[C@H]1N1C=CC(=O)NC1=C. The van der Waals surface area contributed by atoms with Crippen LogP contribution in [0.2, 0.25) is 0 Å².